The molecule has 0 saturated carbocycles. The van der Waals surface area contributed by atoms with Crippen molar-refractivity contribution in [2.75, 3.05) is 27.4 Å². The van der Waals surface area contributed by atoms with Crippen LogP contribution in [0.25, 0.3) is 10.9 Å². The lowest BCUT2D eigenvalue weighted by Gasteiger charge is -2.13. The van der Waals surface area contributed by atoms with Crippen LogP contribution >= 0.6 is 0 Å². The molecule has 0 spiro atoms. The maximum absolute atomic E-state index is 13.0. The highest BCUT2D eigenvalue weighted by atomic mass is 16.5. The molecule has 1 atom stereocenters. The first-order valence-corrected chi connectivity index (χ1v) is 11.0. The van der Waals surface area contributed by atoms with Gasteiger partial charge in [-0.3, -0.25) is 19.3 Å². The molecule has 2 N–H and O–H groups in total. The maximum atomic E-state index is 13.0. The summed E-state index contributed by atoms with van der Waals surface area (Å²) < 4.78 is 10.3. The van der Waals surface area contributed by atoms with Crippen molar-refractivity contribution in [1.82, 2.24) is 15.2 Å². The predicted octanol–water partition coefficient (Wildman–Crippen LogP) is 2.71. The number of ether oxygens (including phenoxy) is 2. The molecule has 2 aliphatic rings. The van der Waals surface area contributed by atoms with Gasteiger partial charge in [-0.25, -0.2) is 0 Å². The van der Waals surface area contributed by atoms with Crippen LogP contribution in [0.5, 0.6) is 5.75 Å². The molecule has 3 amide bonds. The number of H-pyrrole nitrogens is 1. The summed E-state index contributed by atoms with van der Waals surface area (Å²) in [4.78, 5) is 42.9. The molecule has 1 unspecified atom stereocenters. The minimum absolute atomic E-state index is 0.0505. The molecule has 2 heterocycles. The van der Waals surface area contributed by atoms with Gasteiger partial charge in [0, 0.05) is 54.9 Å². The zero-order valence-electron chi connectivity index (χ0n) is 18.6. The van der Waals surface area contributed by atoms with Crippen LogP contribution in [-0.4, -0.2) is 61.0 Å². The Morgan fingerprint density at radius 3 is 2.70 bits per heavy atom. The molecule has 33 heavy (non-hydrogen) atoms. The molecule has 8 heteroatoms. The molecule has 0 fully saturated rings. The number of fused-ring (bicyclic) bond motifs is 4. The van der Waals surface area contributed by atoms with Crippen LogP contribution < -0.4 is 10.1 Å². The summed E-state index contributed by atoms with van der Waals surface area (Å²) in [6.45, 7) is 0.757. The van der Waals surface area contributed by atoms with Gasteiger partial charge in [0.2, 0.25) is 0 Å². The van der Waals surface area contributed by atoms with E-state index in [1.807, 2.05) is 18.2 Å². The van der Waals surface area contributed by atoms with Gasteiger partial charge >= 0.3 is 0 Å². The lowest BCUT2D eigenvalue weighted by atomic mass is 10.0. The third-order valence-corrected chi connectivity index (χ3v) is 6.40. The van der Waals surface area contributed by atoms with E-state index in [1.165, 1.54) is 16.5 Å². The summed E-state index contributed by atoms with van der Waals surface area (Å²) in [6.07, 6.45) is 1.98. The number of amides is 3. The van der Waals surface area contributed by atoms with Crippen molar-refractivity contribution in [3.8, 4) is 5.75 Å². The van der Waals surface area contributed by atoms with Crippen molar-refractivity contribution in [2.24, 2.45) is 0 Å². The van der Waals surface area contributed by atoms with E-state index in [0.717, 1.165) is 22.3 Å². The van der Waals surface area contributed by atoms with Gasteiger partial charge in [-0.05, 0) is 54.8 Å². The highest BCUT2D eigenvalue weighted by Gasteiger charge is 2.36. The fourth-order valence-corrected chi connectivity index (χ4v) is 4.75. The molecule has 0 bridgehead atoms. The number of aromatic nitrogens is 1. The monoisotopic (exact) mass is 447 g/mol. The van der Waals surface area contributed by atoms with Crippen molar-refractivity contribution in [3.05, 3.63) is 64.3 Å². The van der Waals surface area contributed by atoms with E-state index >= 15 is 0 Å². The average Bonchev–Trinajstić information content (AvgIpc) is 3.44. The number of nitrogens with one attached hydrogen (secondary N) is 2. The van der Waals surface area contributed by atoms with Crippen molar-refractivity contribution < 1.29 is 23.9 Å². The van der Waals surface area contributed by atoms with E-state index in [-0.39, 0.29) is 29.3 Å². The minimum Gasteiger partial charge on any atom is -0.497 e. The van der Waals surface area contributed by atoms with Crippen LogP contribution in [-0.2, 0) is 17.6 Å². The number of hydrogen-bond acceptors (Lipinski definition) is 5. The Kier molecular flexibility index (Phi) is 5.38. The average molecular weight is 447 g/mol. The standard InChI is InChI=1S/C25H25N3O5/c1-32-9-3-8-28-24(30)17-6-4-14(10-20(17)25(28)31)23(29)26-15-11-18-19-13-16(33-2)5-7-21(19)27-22(18)12-15/h4-7,10,13,15,27H,3,8-9,11-12H2,1-2H3,(H,26,29). The summed E-state index contributed by atoms with van der Waals surface area (Å²) in [5.74, 6) is -0.148. The SMILES string of the molecule is COCCCN1C(=O)c2ccc(C(=O)NC3Cc4[nH]c5ccc(OC)cc5c4C3)cc2C1=O. The van der Waals surface area contributed by atoms with Crippen molar-refractivity contribution in [2.45, 2.75) is 25.3 Å². The summed E-state index contributed by atoms with van der Waals surface area (Å²) in [5, 5.41) is 4.18. The molecular formula is C25H25N3O5. The quantitative estimate of drug-likeness (QED) is 0.429. The maximum Gasteiger partial charge on any atom is 0.261 e. The molecule has 170 valence electrons. The Morgan fingerprint density at radius 1 is 1.09 bits per heavy atom. The van der Waals surface area contributed by atoms with Gasteiger partial charge in [-0.1, -0.05) is 0 Å². The number of imide groups is 1. The summed E-state index contributed by atoms with van der Waals surface area (Å²) in [5.41, 5.74) is 4.35. The highest BCUT2D eigenvalue weighted by molar-refractivity contribution is 6.22. The molecule has 8 nitrogen and oxygen atoms in total. The van der Waals surface area contributed by atoms with Crippen LogP contribution in [0.4, 0.5) is 0 Å². The van der Waals surface area contributed by atoms with E-state index in [4.69, 9.17) is 9.47 Å². The Morgan fingerprint density at radius 2 is 1.91 bits per heavy atom. The molecule has 3 aromatic rings. The second kappa shape index (κ2) is 8.37. The Labute approximate surface area is 190 Å². The van der Waals surface area contributed by atoms with Crippen LogP contribution in [0.2, 0.25) is 0 Å². The molecule has 1 aliphatic carbocycles. The topological polar surface area (TPSA) is 101 Å². The van der Waals surface area contributed by atoms with Gasteiger partial charge in [0.05, 0.1) is 18.2 Å². The first-order valence-electron chi connectivity index (χ1n) is 11.0. The number of carbonyl (C=O) groups is 3. The first kappa shape index (κ1) is 21.2. The third kappa shape index (κ3) is 3.66. The lowest BCUT2D eigenvalue weighted by molar-refractivity contribution is 0.0638. The lowest BCUT2D eigenvalue weighted by Crippen LogP contribution is -2.35. The van der Waals surface area contributed by atoms with Crippen LogP contribution in [0.1, 0.15) is 48.8 Å². The van der Waals surface area contributed by atoms with Gasteiger partial charge in [-0.15, -0.1) is 0 Å². The first-order chi connectivity index (χ1) is 16.0. The molecule has 5 rings (SSSR count). The fraction of sp³-hybridized carbons (Fsp3) is 0.320. The van der Waals surface area contributed by atoms with Gasteiger partial charge in [-0.2, -0.15) is 0 Å². The fourth-order valence-electron chi connectivity index (χ4n) is 4.75. The van der Waals surface area contributed by atoms with Gasteiger partial charge < -0.3 is 19.8 Å². The number of methoxy groups -OCH3 is 2. The molecule has 0 saturated heterocycles. The number of rotatable bonds is 7. The summed E-state index contributed by atoms with van der Waals surface area (Å²) in [6, 6.07) is 10.6. The van der Waals surface area contributed by atoms with E-state index in [9.17, 15) is 14.4 Å². The van der Waals surface area contributed by atoms with Crippen LogP contribution in [0, 0.1) is 0 Å². The van der Waals surface area contributed by atoms with Gasteiger partial charge in [0.1, 0.15) is 5.75 Å². The Hall–Kier alpha value is -3.65. The smallest absolute Gasteiger partial charge is 0.261 e. The molecule has 1 aromatic heterocycles. The van der Waals surface area contributed by atoms with E-state index in [2.05, 4.69) is 10.3 Å². The normalized spacial score (nSPS) is 16.9. The summed E-state index contributed by atoms with van der Waals surface area (Å²) in [7, 11) is 3.22. The van der Waals surface area contributed by atoms with E-state index in [1.54, 1.807) is 26.4 Å². The zero-order valence-corrected chi connectivity index (χ0v) is 18.6. The van der Waals surface area contributed by atoms with Crippen molar-refractivity contribution >= 4 is 28.6 Å². The van der Waals surface area contributed by atoms with Crippen LogP contribution in [0.15, 0.2) is 36.4 Å². The van der Waals surface area contributed by atoms with E-state index in [0.29, 0.717) is 43.5 Å². The molecule has 0 radical (unpaired) electrons. The number of benzene rings is 2. The Balaban J connectivity index is 1.29. The molecular weight excluding hydrogens is 422 g/mol. The van der Waals surface area contributed by atoms with Crippen LogP contribution in [0.3, 0.4) is 0 Å². The van der Waals surface area contributed by atoms with Gasteiger partial charge in [0.15, 0.2) is 0 Å². The van der Waals surface area contributed by atoms with E-state index < -0.39 is 0 Å². The summed E-state index contributed by atoms with van der Waals surface area (Å²) >= 11 is 0. The largest absolute Gasteiger partial charge is 0.497 e. The minimum atomic E-state index is -0.364. The van der Waals surface area contributed by atoms with Crippen molar-refractivity contribution in [1.29, 1.82) is 0 Å². The van der Waals surface area contributed by atoms with Crippen molar-refractivity contribution in [3.63, 3.8) is 0 Å². The third-order valence-electron chi connectivity index (χ3n) is 6.40. The van der Waals surface area contributed by atoms with Gasteiger partial charge in [0.25, 0.3) is 17.7 Å². The second-order valence-electron chi connectivity index (χ2n) is 8.44. The highest BCUT2D eigenvalue weighted by Crippen LogP contribution is 2.32. The molecule has 2 aromatic carbocycles. The number of aromatic amines is 1. The number of carbonyl (C=O) groups excluding carboxylic acids is 3. The predicted molar refractivity (Wildman–Crippen MR) is 122 cm³/mol. The number of hydrogen-bond donors (Lipinski definition) is 2. The molecule has 1 aliphatic heterocycles. The second-order valence-corrected chi connectivity index (χ2v) is 8.44. The Bertz CT molecular complexity index is 1280. The number of nitrogens with zero attached hydrogens (tertiary/aromatic N) is 1. The zero-order chi connectivity index (χ0) is 23.1.